The summed E-state index contributed by atoms with van der Waals surface area (Å²) in [4.78, 5) is 0. The maximum Gasteiger partial charge on any atom is 0.183 e. The Balaban J connectivity index is 1.23. The fourth-order valence-electron chi connectivity index (χ4n) is 5.60. The standard InChI is InChI=1S/C24H30O3/c1-25-23-8-6-18(7-9-23)24(26-14-21-12-16-2-4-19(21)10-16)27-15-22-13-17-3-5-20(22)11-17/h2-9,16-17,19-22,24H,10-15H2,1H3/t16-,17-,19-,20-,21-,22-/m0/s1. The van der Waals surface area contributed by atoms with E-state index in [0.717, 1.165) is 36.4 Å². The zero-order valence-electron chi connectivity index (χ0n) is 16.1. The minimum Gasteiger partial charge on any atom is -0.497 e. The Labute approximate surface area is 162 Å². The lowest BCUT2D eigenvalue weighted by molar-refractivity contribution is -0.164. The highest BCUT2D eigenvalue weighted by Gasteiger charge is 2.37. The molecule has 0 aromatic heterocycles. The van der Waals surface area contributed by atoms with E-state index in [1.165, 1.54) is 25.7 Å². The molecular formula is C24H30O3. The van der Waals surface area contributed by atoms with Gasteiger partial charge in [0.05, 0.1) is 20.3 Å². The second-order valence-corrected chi connectivity index (χ2v) is 8.85. The third-order valence-corrected chi connectivity index (χ3v) is 7.14. The van der Waals surface area contributed by atoms with Gasteiger partial charge in [0.1, 0.15) is 5.75 Å². The Hall–Kier alpha value is -1.58. The van der Waals surface area contributed by atoms with Crippen LogP contribution in [0.5, 0.6) is 5.75 Å². The first-order chi connectivity index (χ1) is 13.3. The first-order valence-electron chi connectivity index (χ1n) is 10.5. The normalized spacial score (nSPS) is 35.6. The summed E-state index contributed by atoms with van der Waals surface area (Å²) in [6.07, 6.45) is 14.5. The van der Waals surface area contributed by atoms with Crippen LogP contribution in [0.2, 0.25) is 0 Å². The summed E-state index contributed by atoms with van der Waals surface area (Å²) in [6.45, 7) is 1.58. The molecule has 0 heterocycles. The molecule has 144 valence electrons. The molecular weight excluding hydrogens is 336 g/mol. The minimum absolute atomic E-state index is 0.276. The summed E-state index contributed by atoms with van der Waals surface area (Å²) < 4.78 is 18.0. The third-order valence-electron chi connectivity index (χ3n) is 7.14. The van der Waals surface area contributed by atoms with Crippen molar-refractivity contribution in [1.82, 2.24) is 0 Å². The number of benzene rings is 1. The van der Waals surface area contributed by atoms with Crippen LogP contribution in [-0.4, -0.2) is 20.3 Å². The number of fused-ring (bicyclic) bond motifs is 4. The quantitative estimate of drug-likeness (QED) is 0.470. The van der Waals surface area contributed by atoms with Crippen molar-refractivity contribution >= 4 is 0 Å². The van der Waals surface area contributed by atoms with Crippen LogP contribution in [0.1, 0.15) is 37.5 Å². The van der Waals surface area contributed by atoms with E-state index in [0.29, 0.717) is 23.7 Å². The maximum absolute atomic E-state index is 6.36. The van der Waals surface area contributed by atoms with Crippen LogP contribution < -0.4 is 4.74 Å². The van der Waals surface area contributed by atoms with Gasteiger partial charge in [0.15, 0.2) is 6.29 Å². The molecule has 0 N–H and O–H groups in total. The molecule has 0 amide bonds. The molecule has 6 atom stereocenters. The van der Waals surface area contributed by atoms with E-state index in [9.17, 15) is 0 Å². The molecule has 4 bridgehead atoms. The molecule has 27 heavy (non-hydrogen) atoms. The Morgan fingerprint density at radius 3 is 1.74 bits per heavy atom. The first-order valence-corrected chi connectivity index (χ1v) is 10.5. The fraction of sp³-hybridized carbons (Fsp3) is 0.583. The van der Waals surface area contributed by atoms with E-state index in [2.05, 4.69) is 36.4 Å². The lowest BCUT2D eigenvalue weighted by atomic mass is 9.94. The molecule has 0 unspecified atom stereocenters. The number of hydrogen-bond acceptors (Lipinski definition) is 3. The molecule has 3 heteroatoms. The highest BCUT2D eigenvalue weighted by Crippen LogP contribution is 2.45. The number of allylic oxidation sites excluding steroid dienone is 4. The van der Waals surface area contributed by atoms with Gasteiger partial charge >= 0.3 is 0 Å². The largest absolute Gasteiger partial charge is 0.497 e. The molecule has 3 nitrogen and oxygen atoms in total. The molecule has 0 aliphatic heterocycles. The van der Waals surface area contributed by atoms with Crippen LogP contribution in [0.25, 0.3) is 0 Å². The van der Waals surface area contributed by atoms with Crippen LogP contribution >= 0.6 is 0 Å². The lowest BCUT2D eigenvalue weighted by Crippen LogP contribution is -2.21. The Kier molecular flexibility index (Phi) is 4.83. The smallest absolute Gasteiger partial charge is 0.183 e. The summed E-state index contributed by atoms with van der Waals surface area (Å²) in [6, 6.07) is 8.14. The predicted molar refractivity (Wildman–Crippen MR) is 105 cm³/mol. The highest BCUT2D eigenvalue weighted by atomic mass is 16.7. The number of methoxy groups -OCH3 is 1. The maximum atomic E-state index is 6.36. The van der Waals surface area contributed by atoms with Crippen molar-refractivity contribution in [1.29, 1.82) is 0 Å². The zero-order valence-corrected chi connectivity index (χ0v) is 16.1. The molecule has 1 aromatic rings. The zero-order chi connectivity index (χ0) is 18.2. The molecule has 2 fully saturated rings. The van der Waals surface area contributed by atoms with E-state index in [1.807, 2.05) is 12.1 Å². The lowest BCUT2D eigenvalue weighted by Gasteiger charge is -2.26. The summed E-state index contributed by atoms with van der Waals surface area (Å²) >= 11 is 0. The average Bonchev–Trinajstić information content (AvgIpc) is 3.49. The second-order valence-electron chi connectivity index (χ2n) is 8.85. The van der Waals surface area contributed by atoms with E-state index < -0.39 is 0 Å². The molecule has 0 radical (unpaired) electrons. The Morgan fingerprint density at radius 2 is 1.33 bits per heavy atom. The fourth-order valence-corrected chi connectivity index (χ4v) is 5.60. The summed E-state index contributed by atoms with van der Waals surface area (Å²) in [5.41, 5.74) is 1.09. The second kappa shape index (κ2) is 7.44. The molecule has 2 saturated carbocycles. The van der Waals surface area contributed by atoms with Crippen molar-refractivity contribution in [3.63, 3.8) is 0 Å². The van der Waals surface area contributed by atoms with Gasteiger partial charge in [0.25, 0.3) is 0 Å². The average molecular weight is 367 g/mol. The first kappa shape index (κ1) is 17.5. The summed E-state index contributed by atoms with van der Waals surface area (Å²) in [5.74, 6) is 5.15. The van der Waals surface area contributed by atoms with Crippen molar-refractivity contribution < 1.29 is 14.2 Å². The van der Waals surface area contributed by atoms with E-state index in [-0.39, 0.29) is 6.29 Å². The van der Waals surface area contributed by atoms with Gasteiger partial charge in [-0.05, 0) is 73.3 Å². The van der Waals surface area contributed by atoms with Crippen LogP contribution in [0, 0.1) is 35.5 Å². The summed E-state index contributed by atoms with van der Waals surface area (Å²) in [5, 5.41) is 0. The van der Waals surface area contributed by atoms with Crippen molar-refractivity contribution in [3.8, 4) is 5.75 Å². The van der Waals surface area contributed by atoms with Crippen LogP contribution in [0.3, 0.4) is 0 Å². The van der Waals surface area contributed by atoms with Crippen LogP contribution in [0.4, 0.5) is 0 Å². The van der Waals surface area contributed by atoms with E-state index in [1.54, 1.807) is 7.11 Å². The number of rotatable bonds is 8. The van der Waals surface area contributed by atoms with Gasteiger partial charge in [-0.3, -0.25) is 0 Å². The SMILES string of the molecule is COc1ccc(C(OC[C@@H]2C[C@H]3C=C[C@H]2C3)OC[C@@H]2C[C@H]3C=C[C@H]2C3)cc1. The van der Waals surface area contributed by atoms with Gasteiger partial charge in [-0.1, -0.05) is 36.4 Å². The molecule has 4 aliphatic rings. The van der Waals surface area contributed by atoms with Crippen LogP contribution in [-0.2, 0) is 9.47 Å². The van der Waals surface area contributed by atoms with Gasteiger partial charge in [0, 0.05) is 5.56 Å². The Morgan fingerprint density at radius 1 is 0.778 bits per heavy atom. The third kappa shape index (κ3) is 3.60. The van der Waals surface area contributed by atoms with Gasteiger partial charge in [-0.25, -0.2) is 0 Å². The van der Waals surface area contributed by atoms with Crippen molar-refractivity contribution in [3.05, 3.63) is 54.1 Å². The number of ether oxygens (including phenoxy) is 3. The van der Waals surface area contributed by atoms with Gasteiger partial charge in [-0.15, -0.1) is 0 Å². The van der Waals surface area contributed by atoms with Crippen molar-refractivity contribution in [2.45, 2.75) is 32.0 Å². The molecule has 4 aliphatic carbocycles. The molecule has 0 spiro atoms. The van der Waals surface area contributed by atoms with Gasteiger partial charge in [0.2, 0.25) is 0 Å². The van der Waals surface area contributed by atoms with E-state index >= 15 is 0 Å². The minimum atomic E-state index is -0.276. The number of hydrogen-bond donors (Lipinski definition) is 0. The molecule has 0 saturated heterocycles. The molecule has 5 rings (SSSR count). The van der Waals surface area contributed by atoms with Crippen LogP contribution in [0.15, 0.2) is 48.6 Å². The molecule has 1 aromatic carbocycles. The van der Waals surface area contributed by atoms with Crippen molar-refractivity contribution in [2.24, 2.45) is 35.5 Å². The summed E-state index contributed by atoms with van der Waals surface area (Å²) in [7, 11) is 1.70. The highest BCUT2D eigenvalue weighted by molar-refractivity contribution is 5.28. The monoisotopic (exact) mass is 366 g/mol. The van der Waals surface area contributed by atoms with Gasteiger partial charge in [-0.2, -0.15) is 0 Å². The predicted octanol–water partition coefficient (Wildman–Crippen LogP) is 5.15. The Bertz CT molecular complexity index is 669. The van der Waals surface area contributed by atoms with Crippen molar-refractivity contribution in [2.75, 3.05) is 20.3 Å². The topological polar surface area (TPSA) is 27.7 Å². The van der Waals surface area contributed by atoms with Gasteiger partial charge < -0.3 is 14.2 Å². The van der Waals surface area contributed by atoms with E-state index in [4.69, 9.17) is 14.2 Å².